The van der Waals surface area contributed by atoms with Gasteiger partial charge in [0.25, 0.3) is 23.4 Å². The number of piperazine rings is 1. The van der Waals surface area contributed by atoms with Crippen LogP contribution in [-0.2, 0) is 14.3 Å². The van der Waals surface area contributed by atoms with E-state index in [2.05, 4.69) is 0 Å². The van der Waals surface area contributed by atoms with Crippen molar-refractivity contribution in [3.8, 4) is 0 Å². The Morgan fingerprint density at radius 3 is 2.06 bits per heavy atom. The van der Waals surface area contributed by atoms with Crippen molar-refractivity contribution < 1.29 is 28.8 Å². The highest BCUT2D eigenvalue weighted by Crippen LogP contribution is 2.23. The van der Waals surface area contributed by atoms with Crippen LogP contribution in [-0.4, -0.2) is 77.7 Å². The lowest BCUT2D eigenvalue weighted by molar-refractivity contribution is -0.384. The van der Waals surface area contributed by atoms with E-state index < -0.39 is 29.3 Å². The van der Waals surface area contributed by atoms with Crippen LogP contribution >= 0.6 is 0 Å². The Morgan fingerprint density at radius 1 is 0.912 bits per heavy atom. The number of anilines is 1. The normalized spacial score (nSPS) is 15.4. The largest absolute Gasteiger partial charge is 0.456 e. The van der Waals surface area contributed by atoms with E-state index in [9.17, 15) is 29.3 Å². The number of hydrogen-bond acceptors (Lipinski definition) is 8. The standard InChI is InChI=1S/C23H22N4O7/c28-20(25-13-11-24(12-14-25)16-5-7-17(8-6-16)27(32)33)15-34-21(29)9-10-26-22(30)18-3-1-2-4-19(18)23(26)31/h1-8H,9-15H2. The van der Waals surface area contributed by atoms with Crippen LogP contribution in [0.4, 0.5) is 11.4 Å². The maximum atomic E-state index is 12.4. The summed E-state index contributed by atoms with van der Waals surface area (Å²) in [6.45, 7) is 1.38. The smallest absolute Gasteiger partial charge is 0.308 e. The number of hydrogen-bond donors (Lipinski definition) is 0. The molecule has 2 aliphatic heterocycles. The summed E-state index contributed by atoms with van der Waals surface area (Å²) in [6.07, 6.45) is -0.202. The second kappa shape index (κ2) is 9.69. The molecule has 2 aromatic carbocycles. The Bertz CT molecular complexity index is 1110. The zero-order valence-electron chi connectivity index (χ0n) is 18.2. The van der Waals surface area contributed by atoms with E-state index in [1.807, 2.05) is 4.90 Å². The van der Waals surface area contributed by atoms with Crippen molar-refractivity contribution in [1.29, 1.82) is 0 Å². The number of rotatable bonds is 7. The van der Waals surface area contributed by atoms with E-state index in [0.717, 1.165) is 10.6 Å². The monoisotopic (exact) mass is 466 g/mol. The fraction of sp³-hybridized carbons (Fsp3) is 0.304. The second-order valence-electron chi connectivity index (χ2n) is 7.86. The molecule has 2 heterocycles. The molecule has 0 N–H and O–H groups in total. The Hall–Kier alpha value is -4.28. The minimum atomic E-state index is -0.672. The zero-order valence-corrected chi connectivity index (χ0v) is 18.2. The zero-order chi connectivity index (χ0) is 24.2. The lowest BCUT2D eigenvalue weighted by Gasteiger charge is -2.36. The van der Waals surface area contributed by atoms with E-state index in [1.54, 1.807) is 41.3 Å². The predicted molar refractivity (Wildman–Crippen MR) is 119 cm³/mol. The minimum absolute atomic E-state index is 0.0161. The van der Waals surface area contributed by atoms with Crippen LogP contribution < -0.4 is 4.90 Å². The Labute approximate surface area is 194 Å². The van der Waals surface area contributed by atoms with Crippen molar-refractivity contribution in [3.05, 3.63) is 69.8 Å². The number of carbonyl (C=O) groups is 4. The quantitative estimate of drug-likeness (QED) is 0.260. The molecule has 4 rings (SSSR count). The Morgan fingerprint density at radius 2 is 1.50 bits per heavy atom. The number of imide groups is 1. The first-order valence-corrected chi connectivity index (χ1v) is 10.7. The number of nitrogens with zero attached hydrogens (tertiary/aromatic N) is 4. The molecule has 0 unspecified atom stereocenters. The molecule has 0 bridgehead atoms. The summed E-state index contributed by atoms with van der Waals surface area (Å²) in [7, 11) is 0. The molecule has 11 heteroatoms. The van der Waals surface area contributed by atoms with Gasteiger partial charge >= 0.3 is 5.97 Å². The molecule has 0 spiro atoms. The van der Waals surface area contributed by atoms with Gasteiger partial charge in [0.05, 0.1) is 22.5 Å². The number of esters is 1. The molecule has 11 nitrogen and oxygen atoms in total. The molecule has 176 valence electrons. The van der Waals surface area contributed by atoms with Crippen molar-refractivity contribution in [2.24, 2.45) is 0 Å². The van der Waals surface area contributed by atoms with Crippen molar-refractivity contribution in [3.63, 3.8) is 0 Å². The van der Waals surface area contributed by atoms with Crippen molar-refractivity contribution in [2.45, 2.75) is 6.42 Å². The first-order chi connectivity index (χ1) is 16.3. The molecule has 1 saturated heterocycles. The fourth-order valence-electron chi connectivity index (χ4n) is 3.95. The average Bonchev–Trinajstić information content (AvgIpc) is 3.11. The van der Waals surface area contributed by atoms with E-state index >= 15 is 0 Å². The molecular formula is C23H22N4O7. The maximum absolute atomic E-state index is 12.4. The maximum Gasteiger partial charge on any atom is 0.308 e. The van der Waals surface area contributed by atoms with Gasteiger partial charge in [-0.25, -0.2) is 0 Å². The summed E-state index contributed by atoms with van der Waals surface area (Å²) in [5.74, 6) is -1.91. The highest BCUT2D eigenvalue weighted by atomic mass is 16.6. The molecular weight excluding hydrogens is 444 g/mol. The molecule has 0 aromatic heterocycles. The van der Waals surface area contributed by atoms with Gasteiger partial charge in [0.1, 0.15) is 0 Å². The molecule has 0 aliphatic carbocycles. The van der Waals surface area contributed by atoms with Crippen molar-refractivity contribution >= 4 is 35.1 Å². The number of nitro groups is 1. The number of amides is 3. The van der Waals surface area contributed by atoms with E-state index in [1.165, 1.54) is 12.1 Å². The van der Waals surface area contributed by atoms with Crippen molar-refractivity contribution in [2.75, 3.05) is 44.2 Å². The van der Waals surface area contributed by atoms with Gasteiger partial charge in [-0.1, -0.05) is 12.1 Å². The molecule has 3 amide bonds. The van der Waals surface area contributed by atoms with E-state index in [0.29, 0.717) is 37.3 Å². The van der Waals surface area contributed by atoms with Gasteiger partial charge in [-0.2, -0.15) is 0 Å². The van der Waals surface area contributed by atoms with E-state index in [-0.39, 0.29) is 24.6 Å². The summed E-state index contributed by atoms with van der Waals surface area (Å²) in [4.78, 5) is 64.1. The molecule has 1 fully saturated rings. The molecule has 0 saturated carbocycles. The van der Waals surface area contributed by atoms with Crippen LogP contribution in [0.1, 0.15) is 27.1 Å². The van der Waals surface area contributed by atoms with Crippen LogP contribution in [0.3, 0.4) is 0 Å². The minimum Gasteiger partial charge on any atom is -0.456 e. The average molecular weight is 466 g/mol. The summed E-state index contributed by atoms with van der Waals surface area (Å²) in [5, 5.41) is 10.8. The Kier molecular flexibility index (Phi) is 6.53. The third kappa shape index (κ3) is 4.72. The van der Waals surface area contributed by atoms with Gasteiger partial charge in [0.15, 0.2) is 6.61 Å². The van der Waals surface area contributed by atoms with Gasteiger partial charge < -0.3 is 14.5 Å². The van der Waals surface area contributed by atoms with Gasteiger partial charge in [-0.05, 0) is 24.3 Å². The number of non-ortho nitro benzene ring substituents is 1. The van der Waals surface area contributed by atoms with Gasteiger partial charge in [-0.15, -0.1) is 0 Å². The highest BCUT2D eigenvalue weighted by Gasteiger charge is 2.35. The summed E-state index contributed by atoms with van der Waals surface area (Å²) in [5.41, 5.74) is 1.47. The van der Waals surface area contributed by atoms with Crippen molar-refractivity contribution in [1.82, 2.24) is 9.80 Å². The molecule has 2 aliphatic rings. The third-order valence-corrected chi connectivity index (χ3v) is 5.83. The van der Waals surface area contributed by atoms with Gasteiger partial charge in [-0.3, -0.25) is 34.2 Å². The number of nitro benzene ring substituents is 1. The van der Waals surface area contributed by atoms with Crippen LogP contribution in [0.5, 0.6) is 0 Å². The first-order valence-electron chi connectivity index (χ1n) is 10.7. The number of fused-ring (bicyclic) bond motifs is 1. The predicted octanol–water partition coefficient (Wildman–Crippen LogP) is 1.47. The van der Waals surface area contributed by atoms with E-state index in [4.69, 9.17) is 4.74 Å². The van der Waals surface area contributed by atoms with Crippen LogP contribution in [0.2, 0.25) is 0 Å². The summed E-state index contributed by atoms with van der Waals surface area (Å²) < 4.78 is 5.05. The highest BCUT2D eigenvalue weighted by molar-refractivity contribution is 6.21. The fourth-order valence-corrected chi connectivity index (χ4v) is 3.95. The number of carbonyl (C=O) groups excluding carboxylic acids is 4. The first kappa shape index (κ1) is 22.9. The molecule has 0 atom stereocenters. The summed E-state index contributed by atoms with van der Waals surface area (Å²) >= 11 is 0. The lowest BCUT2D eigenvalue weighted by Crippen LogP contribution is -2.50. The van der Waals surface area contributed by atoms with Crippen LogP contribution in [0, 0.1) is 10.1 Å². The molecule has 0 radical (unpaired) electrons. The molecule has 34 heavy (non-hydrogen) atoms. The Balaban J connectivity index is 1.19. The number of ether oxygens (including phenoxy) is 1. The van der Waals surface area contributed by atoms with Gasteiger partial charge in [0, 0.05) is 50.5 Å². The summed E-state index contributed by atoms with van der Waals surface area (Å²) in [6, 6.07) is 12.7. The lowest BCUT2D eigenvalue weighted by atomic mass is 10.1. The van der Waals surface area contributed by atoms with Gasteiger partial charge in [0.2, 0.25) is 0 Å². The van der Waals surface area contributed by atoms with Crippen LogP contribution in [0.25, 0.3) is 0 Å². The second-order valence-corrected chi connectivity index (χ2v) is 7.86. The van der Waals surface area contributed by atoms with Crippen LogP contribution in [0.15, 0.2) is 48.5 Å². The number of benzene rings is 2. The third-order valence-electron chi connectivity index (χ3n) is 5.83. The molecule has 2 aromatic rings. The SMILES string of the molecule is O=C(CCN1C(=O)c2ccccc2C1=O)OCC(=O)N1CCN(c2ccc([N+](=O)[O-])cc2)CC1. The topological polar surface area (TPSA) is 130 Å².